The quantitative estimate of drug-likeness (QED) is 0.742. The van der Waals surface area contributed by atoms with E-state index in [4.69, 9.17) is 0 Å². The normalized spacial score (nSPS) is 10.4. The van der Waals surface area contributed by atoms with Crippen molar-refractivity contribution in [3.63, 3.8) is 0 Å². The number of hydrogen-bond donors (Lipinski definition) is 2. The Kier molecular flexibility index (Phi) is 5.19. The van der Waals surface area contributed by atoms with Gasteiger partial charge in [0.15, 0.2) is 0 Å². The maximum absolute atomic E-state index is 13.3. The summed E-state index contributed by atoms with van der Waals surface area (Å²) >= 11 is 0. The monoisotopic (exact) mass is 277 g/mol. The van der Waals surface area contributed by atoms with Crippen LogP contribution in [0.3, 0.4) is 0 Å². The van der Waals surface area contributed by atoms with Crippen molar-refractivity contribution in [3.05, 3.63) is 42.5 Å². The number of carbonyl (C=O) groups is 1. The van der Waals surface area contributed by atoms with Gasteiger partial charge in [-0.3, -0.25) is 9.48 Å². The molecule has 0 saturated carbocycles. The van der Waals surface area contributed by atoms with Crippen LogP contribution in [0.15, 0.2) is 36.7 Å². The third kappa shape index (κ3) is 4.43. The second kappa shape index (κ2) is 7.34. The zero-order valence-electron chi connectivity index (χ0n) is 10.9. The summed E-state index contributed by atoms with van der Waals surface area (Å²) in [5, 5.41) is 13.0. The Bertz CT molecular complexity index is 543. The minimum atomic E-state index is -0.438. The number of hydrogen-bond acceptors (Lipinski definition) is 4. The average Bonchev–Trinajstić information content (AvgIpc) is 2.94. The first kappa shape index (κ1) is 14.1. The Morgan fingerprint density at radius 1 is 1.35 bits per heavy atom. The Morgan fingerprint density at radius 3 is 2.95 bits per heavy atom. The van der Waals surface area contributed by atoms with Crippen LogP contribution in [0.5, 0.6) is 0 Å². The van der Waals surface area contributed by atoms with Gasteiger partial charge in [-0.25, -0.2) is 4.39 Å². The number of nitrogens with one attached hydrogen (secondary N) is 2. The number of anilines is 1. The number of para-hydroxylation sites is 1. The molecule has 6 nitrogen and oxygen atoms in total. The lowest BCUT2D eigenvalue weighted by atomic mass is 10.3. The molecule has 0 atom stereocenters. The fourth-order valence-corrected chi connectivity index (χ4v) is 1.68. The van der Waals surface area contributed by atoms with Gasteiger partial charge in [-0.2, -0.15) is 0 Å². The van der Waals surface area contributed by atoms with Crippen molar-refractivity contribution in [2.75, 3.05) is 18.4 Å². The van der Waals surface area contributed by atoms with Crippen LogP contribution >= 0.6 is 0 Å². The van der Waals surface area contributed by atoms with E-state index >= 15 is 0 Å². The fourth-order valence-electron chi connectivity index (χ4n) is 1.68. The second-order valence-corrected chi connectivity index (χ2v) is 4.22. The third-order valence-corrected chi connectivity index (χ3v) is 2.65. The highest BCUT2D eigenvalue weighted by Crippen LogP contribution is 2.11. The average molecular weight is 277 g/mol. The molecule has 106 valence electrons. The van der Waals surface area contributed by atoms with E-state index in [9.17, 15) is 9.18 Å². The van der Waals surface area contributed by atoms with Crippen LogP contribution in [0.1, 0.15) is 6.42 Å². The van der Waals surface area contributed by atoms with Gasteiger partial charge < -0.3 is 10.6 Å². The Balaban J connectivity index is 1.62. The molecule has 20 heavy (non-hydrogen) atoms. The van der Waals surface area contributed by atoms with Crippen LogP contribution < -0.4 is 10.6 Å². The summed E-state index contributed by atoms with van der Waals surface area (Å²) in [5.41, 5.74) is 0.196. The van der Waals surface area contributed by atoms with Crippen LogP contribution in [0, 0.1) is 5.82 Å². The van der Waals surface area contributed by atoms with Gasteiger partial charge in [0.25, 0.3) is 0 Å². The van der Waals surface area contributed by atoms with E-state index in [0.717, 1.165) is 13.0 Å². The van der Waals surface area contributed by atoms with Crippen molar-refractivity contribution in [2.24, 2.45) is 0 Å². The first-order valence-electron chi connectivity index (χ1n) is 6.35. The molecule has 1 aromatic heterocycles. The Labute approximate surface area is 116 Å². The number of amides is 1. The highest BCUT2D eigenvalue weighted by molar-refractivity contribution is 5.92. The standard InChI is InChI=1S/C13H16FN5O/c14-11-4-1-2-5-12(11)17-13(20)10-15-6-3-8-19-9-7-16-18-19/h1-2,4-5,7,9,15H,3,6,8,10H2,(H,17,20). The zero-order chi connectivity index (χ0) is 14.2. The summed E-state index contributed by atoms with van der Waals surface area (Å²) in [6.07, 6.45) is 4.23. The van der Waals surface area contributed by atoms with Crippen molar-refractivity contribution in [1.29, 1.82) is 0 Å². The number of halogens is 1. The summed E-state index contributed by atoms with van der Waals surface area (Å²) in [4.78, 5) is 11.6. The first-order valence-corrected chi connectivity index (χ1v) is 6.35. The summed E-state index contributed by atoms with van der Waals surface area (Å²) < 4.78 is 15.0. The van der Waals surface area contributed by atoms with Crippen molar-refractivity contribution in [1.82, 2.24) is 20.3 Å². The van der Waals surface area contributed by atoms with E-state index in [1.165, 1.54) is 12.1 Å². The Hall–Kier alpha value is -2.28. The molecule has 0 saturated heterocycles. The molecule has 1 heterocycles. The highest BCUT2D eigenvalue weighted by Gasteiger charge is 2.05. The molecule has 0 aliphatic carbocycles. The van der Waals surface area contributed by atoms with Gasteiger partial charge in [-0.1, -0.05) is 17.3 Å². The molecular formula is C13H16FN5O. The molecule has 2 rings (SSSR count). The lowest BCUT2D eigenvalue weighted by Crippen LogP contribution is -2.29. The first-order chi connectivity index (χ1) is 9.75. The predicted octanol–water partition coefficient (Wildman–Crippen LogP) is 1.04. The molecule has 2 aromatic rings. The fraction of sp³-hybridized carbons (Fsp3) is 0.308. The number of carbonyl (C=O) groups excluding carboxylic acids is 1. The Morgan fingerprint density at radius 2 is 2.20 bits per heavy atom. The van der Waals surface area contributed by atoms with Crippen LogP contribution in [0.2, 0.25) is 0 Å². The van der Waals surface area contributed by atoms with E-state index in [0.29, 0.717) is 6.54 Å². The van der Waals surface area contributed by atoms with Crippen molar-refractivity contribution >= 4 is 11.6 Å². The number of benzene rings is 1. The van der Waals surface area contributed by atoms with Gasteiger partial charge in [-0.15, -0.1) is 5.10 Å². The van der Waals surface area contributed by atoms with Crippen LogP contribution in [0.25, 0.3) is 0 Å². The van der Waals surface area contributed by atoms with Gasteiger partial charge in [-0.05, 0) is 25.1 Å². The maximum Gasteiger partial charge on any atom is 0.238 e. The van der Waals surface area contributed by atoms with Crippen LogP contribution in [-0.2, 0) is 11.3 Å². The molecule has 0 bridgehead atoms. The second-order valence-electron chi connectivity index (χ2n) is 4.22. The van der Waals surface area contributed by atoms with E-state index < -0.39 is 5.82 Å². The van der Waals surface area contributed by atoms with Gasteiger partial charge in [0.1, 0.15) is 5.82 Å². The molecule has 0 spiro atoms. The molecule has 1 aromatic carbocycles. The van der Waals surface area contributed by atoms with E-state index in [-0.39, 0.29) is 18.1 Å². The van der Waals surface area contributed by atoms with Gasteiger partial charge in [0.2, 0.25) is 5.91 Å². The van der Waals surface area contributed by atoms with Crippen LogP contribution in [0.4, 0.5) is 10.1 Å². The minimum Gasteiger partial charge on any atom is -0.322 e. The lowest BCUT2D eigenvalue weighted by Gasteiger charge is -2.07. The molecule has 0 fully saturated rings. The lowest BCUT2D eigenvalue weighted by molar-refractivity contribution is -0.115. The largest absolute Gasteiger partial charge is 0.322 e. The number of rotatable bonds is 7. The highest BCUT2D eigenvalue weighted by atomic mass is 19.1. The zero-order valence-corrected chi connectivity index (χ0v) is 10.9. The molecule has 7 heteroatoms. The van der Waals surface area contributed by atoms with Gasteiger partial charge in [0, 0.05) is 12.7 Å². The molecule has 0 unspecified atom stereocenters. The van der Waals surface area contributed by atoms with Gasteiger partial charge >= 0.3 is 0 Å². The van der Waals surface area contributed by atoms with Crippen LogP contribution in [-0.4, -0.2) is 34.0 Å². The van der Waals surface area contributed by atoms with E-state index in [1.807, 2.05) is 0 Å². The molecule has 1 amide bonds. The van der Waals surface area contributed by atoms with Crippen molar-refractivity contribution in [3.8, 4) is 0 Å². The maximum atomic E-state index is 13.3. The minimum absolute atomic E-state index is 0.145. The number of nitrogens with zero attached hydrogens (tertiary/aromatic N) is 3. The third-order valence-electron chi connectivity index (χ3n) is 2.65. The van der Waals surface area contributed by atoms with E-state index in [1.54, 1.807) is 29.2 Å². The summed E-state index contributed by atoms with van der Waals surface area (Å²) in [7, 11) is 0. The SMILES string of the molecule is O=C(CNCCCn1ccnn1)Nc1ccccc1F. The molecule has 0 radical (unpaired) electrons. The summed E-state index contributed by atoms with van der Waals surface area (Å²) in [5.74, 6) is -0.706. The molecule has 0 aliphatic rings. The number of aromatic nitrogens is 3. The summed E-state index contributed by atoms with van der Waals surface area (Å²) in [6, 6.07) is 6.08. The molecular weight excluding hydrogens is 261 g/mol. The van der Waals surface area contributed by atoms with Crippen molar-refractivity contribution < 1.29 is 9.18 Å². The smallest absolute Gasteiger partial charge is 0.238 e. The molecule has 2 N–H and O–H groups in total. The number of aryl methyl sites for hydroxylation is 1. The van der Waals surface area contributed by atoms with Gasteiger partial charge in [0.05, 0.1) is 18.4 Å². The van der Waals surface area contributed by atoms with Crippen molar-refractivity contribution in [2.45, 2.75) is 13.0 Å². The predicted molar refractivity (Wildman–Crippen MR) is 72.5 cm³/mol. The topological polar surface area (TPSA) is 71.8 Å². The molecule has 0 aliphatic heterocycles. The van der Waals surface area contributed by atoms with E-state index in [2.05, 4.69) is 20.9 Å². The summed E-state index contributed by atoms with van der Waals surface area (Å²) in [6.45, 7) is 1.55.